The second kappa shape index (κ2) is 6.02. The Morgan fingerprint density at radius 3 is 2.65 bits per heavy atom. The number of thiophene rings is 1. The zero-order chi connectivity index (χ0) is 14.6. The molecule has 0 aliphatic heterocycles. The predicted molar refractivity (Wildman–Crippen MR) is 77.3 cm³/mol. The van der Waals surface area contributed by atoms with Crippen LogP contribution in [0.3, 0.4) is 0 Å². The Bertz CT molecular complexity index is 567. The molecule has 0 radical (unpaired) electrons. The van der Waals surface area contributed by atoms with E-state index < -0.39 is 11.6 Å². The van der Waals surface area contributed by atoms with E-state index in [1.54, 1.807) is 6.92 Å². The Morgan fingerprint density at radius 1 is 1.35 bits per heavy atom. The van der Waals surface area contributed by atoms with Crippen molar-refractivity contribution in [2.24, 2.45) is 0 Å². The number of hydrogen-bond donors (Lipinski definition) is 3. The van der Waals surface area contributed by atoms with Crippen molar-refractivity contribution in [2.75, 3.05) is 11.9 Å². The summed E-state index contributed by atoms with van der Waals surface area (Å²) < 4.78 is 12.7. The number of amides is 2. The highest BCUT2D eigenvalue weighted by Gasteiger charge is 2.24. The molecule has 2 aromatic rings. The van der Waals surface area contributed by atoms with Gasteiger partial charge in [0.2, 0.25) is 0 Å². The van der Waals surface area contributed by atoms with Crippen molar-refractivity contribution < 1.29 is 14.3 Å². The lowest BCUT2D eigenvalue weighted by Crippen LogP contribution is -2.40. The molecule has 1 aromatic heterocycles. The molecule has 1 atom stereocenters. The maximum atomic E-state index is 12.7. The van der Waals surface area contributed by atoms with E-state index in [1.165, 1.54) is 35.6 Å². The van der Waals surface area contributed by atoms with Crippen molar-refractivity contribution in [3.8, 4) is 0 Å². The molecule has 106 valence electrons. The van der Waals surface area contributed by atoms with Crippen LogP contribution in [0.25, 0.3) is 0 Å². The molecule has 1 aromatic carbocycles. The van der Waals surface area contributed by atoms with Gasteiger partial charge in [-0.1, -0.05) is 6.07 Å². The van der Waals surface area contributed by atoms with Gasteiger partial charge in [-0.15, -0.1) is 11.3 Å². The van der Waals surface area contributed by atoms with Gasteiger partial charge in [-0.3, -0.25) is 0 Å². The Kier molecular flexibility index (Phi) is 4.36. The van der Waals surface area contributed by atoms with E-state index in [2.05, 4.69) is 10.6 Å². The predicted octanol–water partition coefficient (Wildman–Crippen LogP) is 2.92. The Labute approximate surface area is 120 Å². The van der Waals surface area contributed by atoms with Crippen molar-refractivity contribution in [1.29, 1.82) is 0 Å². The number of carbonyl (C=O) groups excluding carboxylic acids is 1. The van der Waals surface area contributed by atoms with Crippen molar-refractivity contribution in [3.05, 3.63) is 52.5 Å². The maximum absolute atomic E-state index is 12.7. The van der Waals surface area contributed by atoms with E-state index >= 15 is 0 Å². The average Bonchev–Trinajstić information content (AvgIpc) is 2.94. The van der Waals surface area contributed by atoms with Gasteiger partial charge in [0.25, 0.3) is 0 Å². The van der Waals surface area contributed by atoms with Crippen molar-refractivity contribution >= 4 is 23.1 Å². The average molecular weight is 294 g/mol. The zero-order valence-corrected chi connectivity index (χ0v) is 11.7. The molecule has 0 bridgehead atoms. The highest BCUT2D eigenvalue weighted by Crippen LogP contribution is 2.24. The second-order valence-corrected chi connectivity index (χ2v) is 5.51. The Hall–Kier alpha value is -1.92. The monoisotopic (exact) mass is 294 g/mol. The summed E-state index contributed by atoms with van der Waals surface area (Å²) in [5, 5.41) is 17.3. The first-order valence-corrected chi connectivity index (χ1v) is 6.92. The minimum atomic E-state index is -1.12. The smallest absolute Gasteiger partial charge is 0.319 e. The van der Waals surface area contributed by atoms with E-state index in [0.717, 1.165) is 4.88 Å². The summed E-state index contributed by atoms with van der Waals surface area (Å²) >= 11 is 1.42. The van der Waals surface area contributed by atoms with E-state index in [-0.39, 0.29) is 12.4 Å². The minimum Gasteiger partial charge on any atom is -0.383 e. The number of halogens is 1. The molecule has 0 aliphatic rings. The van der Waals surface area contributed by atoms with Crippen LogP contribution in [0, 0.1) is 5.82 Å². The van der Waals surface area contributed by atoms with E-state index in [0.29, 0.717) is 5.69 Å². The van der Waals surface area contributed by atoms with Crippen LogP contribution in [0.15, 0.2) is 41.8 Å². The summed E-state index contributed by atoms with van der Waals surface area (Å²) in [4.78, 5) is 12.5. The molecule has 1 heterocycles. The lowest BCUT2D eigenvalue weighted by atomic mass is 10.1. The Morgan fingerprint density at radius 2 is 2.05 bits per heavy atom. The molecular weight excluding hydrogens is 279 g/mol. The third kappa shape index (κ3) is 3.79. The van der Waals surface area contributed by atoms with Gasteiger partial charge in [-0.2, -0.15) is 0 Å². The fourth-order valence-electron chi connectivity index (χ4n) is 1.63. The van der Waals surface area contributed by atoms with Gasteiger partial charge in [0, 0.05) is 10.6 Å². The summed E-state index contributed by atoms with van der Waals surface area (Å²) in [6, 6.07) is 8.65. The molecule has 0 aliphatic carbocycles. The van der Waals surface area contributed by atoms with Crippen molar-refractivity contribution in [3.63, 3.8) is 0 Å². The van der Waals surface area contributed by atoms with Gasteiger partial charge in [0.05, 0.1) is 6.54 Å². The van der Waals surface area contributed by atoms with Crippen molar-refractivity contribution in [2.45, 2.75) is 12.5 Å². The molecule has 3 N–H and O–H groups in total. The van der Waals surface area contributed by atoms with Gasteiger partial charge in [-0.05, 0) is 42.6 Å². The third-order valence-electron chi connectivity index (χ3n) is 2.75. The van der Waals surface area contributed by atoms with Crippen LogP contribution in [0.1, 0.15) is 11.8 Å². The van der Waals surface area contributed by atoms with Crippen LogP contribution in [0.4, 0.5) is 14.9 Å². The summed E-state index contributed by atoms with van der Waals surface area (Å²) in [5.74, 6) is -0.364. The van der Waals surface area contributed by atoms with Crippen LogP contribution < -0.4 is 10.6 Å². The lowest BCUT2D eigenvalue weighted by Gasteiger charge is -2.22. The molecule has 2 rings (SSSR count). The topological polar surface area (TPSA) is 61.4 Å². The number of carbonyl (C=O) groups is 1. The normalized spacial score (nSPS) is 13.6. The molecule has 0 saturated carbocycles. The lowest BCUT2D eigenvalue weighted by molar-refractivity contribution is 0.0637. The summed E-state index contributed by atoms with van der Waals surface area (Å²) in [6.45, 7) is 1.72. The summed E-state index contributed by atoms with van der Waals surface area (Å²) in [5.41, 5.74) is -0.631. The maximum Gasteiger partial charge on any atom is 0.319 e. The number of rotatable bonds is 4. The molecular formula is C14H15FN2O2S. The zero-order valence-electron chi connectivity index (χ0n) is 10.9. The standard InChI is InChI=1S/C14H15FN2O2S/c1-14(19,12-3-2-8-20-12)9-16-13(18)17-11-6-4-10(15)5-7-11/h2-8,19H,9H2,1H3,(H2,16,17,18). The minimum absolute atomic E-state index is 0.0839. The fourth-order valence-corrected chi connectivity index (χ4v) is 2.42. The van der Waals surface area contributed by atoms with Crippen LogP contribution in [-0.2, 0) is 5.60 Å². The highest BCUT2D eigenvalue weighted by atomic mass is 32.1. The molecule has 0 saturated heterocycles. The summed E-state index contributed by atoms with van der Waals surface area (Å²) in [7, 11) is 0. The van der Waals surface area contributed by atoms with Gasteiger partial charge in [-0.25, -0.2) is 9.18 Å². The van der Waals surface area contributed by atoms with E-state index in [9.17, 15) is 14.3 Å². The number of nitrogens with one attached hydrogen (secondary N) is 2. The highest BCUT2D eigenvalue weighted by molar-refractivity contribution is 7.10. The van der Waals surface area contributed by atoms with Crippen LogP contribution in [0.2, 0.25) is 0 Å². The number of aliphatic hydroxyl groups is 1. The number of hydrogen-bond acceptors (Lipinski definition) is 3. The van der Waals surface area contributed by atoms with E-state index in [4.69, 9.17) is 0 Å². The van der Waals surface area contributed by atoms with Crippen LogP contribution >= 0.6 is 11.3 Å². The first-order valence-electron chi connectivity index (χ1n) is 6.04. The van der Waals surface area contributed by atoms with Gasteiger partial charge < -0.3 is 15.7 Å². The number of anilines is 1. The van der Waals surface area contributed by atoms with E-state index in [1.807, 2.05) is 17.5 Å². The second-order valence-electron chi connectivity index (χ2n) is 4.57. The third-order valence-corrected chi connectivity index (χ3v) is 3.87. The fraction of sp³-hybridized carbons (Fsp3) is 0.214. The molecule has 6 heteroatoms. The molecule has 0 fully saturated rings. The largest absolute Gasteiger partial charge is 0.383 e. The summed E-state index contributed by atoms with van der Waals surface area (Å²) in [6.07, 6.45) is 0. The SMILES string of the molecule is CC(O)(CNC(=O)Nc1ccc(F)cc1)c1cccs1. The Balaban J connectivity index is 1.88. The first-order chi connectivity index (χ1) is 9.47. The quantitative estimate of drug-likeness (QED) is 0.812. The molecule has 0 spiro atoms. The number of benzene rings is 1. The van der Waals surface area contributed by atoms with Gasteiger partial charge in [0.15, 0.2) is 0 Å². The molecule has 4 nitrogen and oxygen atoms in total. The first kappa shape index (κ1) is 14.5. The number of urea groups is 1. The molecule has 2 amide bonds. The van der Waals surface area contributed by atoms with Crippen LogP contribution in [-0.4, -0.2) is 17.7 Å². The molecule has 1 unspecified atom stereocenters. The van der Waals surface area contributed by atoms with Crippen molar-refractivity contribution in [1.82, 2.24) is 5.32 Å². The van der Waals surface area contributed by atoms with Crippen LogP contribution in [0.5, 0.6) is 0 Å². The van der Waals surface area contributed by atoms with Gasteiger partial charge >= 0.3 is 6.03 Å². The molecule has 20 heavy (non-hydrogen) atoms. The van der Waals surface area contributed by atoms with Gasteiger partial charge in [0.1, 0.15) is 11.4 Å².